The van der Waals surface area contributed by atoms with Crippen molar-refractivity contribution in [2.75, 3.05) is 0 Å². The Balaban J connectivity index is 2.27. The minimum atomic E-state index is -0.941. The van der Waals surface area contributed by atoms with Crippen LogP contribution in [-0.2, 0) is 11.2 Å². The molecule has 0 saturated heterocycles. The van der Waals surface area contributed by atoms with Gasteiger partial charge in [-0.15, -0.1) is 0 Å². The summed E-state index contributed by atoms with van der Waals surface area (Å²) in [6.07, 6.45) is 1.55. The average molecular weight is 252 g/mol. The molecule has 0 fully saturated rings. The molecule has 0 atom stereocenters. The SMILES string of the molecule is O=C(O)CCc1cnc(-c2c(F)cccc2F)[nH]1. The Morgan fingerprint density at radius 3 is 2.61 bits per heavy atom. The third-order valence-electron chi connectivity index (χ3n) is 2.44. The van der Waals surface area contributed by atoms with Crippen LogP contribution in [0, 0.1) is 11.6 Å². The molecule has 2 N–H and O–H groups in total. The van der Waals surface area contributed by atoms with Crippen LogP contribution in [0.1, 0.15) is 12.1 Å². The van der Waals surface area contributed by atoms with Gasteiger partial charge >= 0.3 is 5.97 Å². The third-order valence-corrected chi connectivity index (χ3v) is 2.44. The third kappa shape index (κ3) is 2.53. The number of hydrogen-bond acceptors (Lipinski definition) is 2. The van der Waals surface area contributed by atoms with E-state index in [-0.39, 0.29) is 24.2 Å². The smallest absolute Gasteiger partial charge is 0.303 e. The highest BCUT2D eigenvalue weighted by atomic mass is 19.1. The molecule has 0 saturated carbocycles. The fraction of sp³-hybridized carbons (Fsp3) is 0.167. The summed E-state index contributed by atoms with van der Waals surface area (Å²) in [5.74, 6) is -2.31. The summed E-state index contributed by atoms with van der Waals surface area (Å²) in [7, 11) is 0. The summed E-state index contributed by atoms with van der Waals surface area (Å²) >= 11 is 0. The first-order chi connectivity index (χ1) is 8.58. The number of benzene rings is 1. The van der Waals surface area contributed by atoms with Gasteiger partial charge in [-0.05, 0) is 18.6 Å². The molecular weight excluding hydrogens is 242 g/mol. The number of halogens is 2. The van der Waals surface area contributed by atoms with Crippen LogP contribution in [0.2, 0.25) is 0 Å². The molecule has 1 aromatic carbocycles. The van der Waals surface area contributed by atoms with Gasteiger partial charge in [-0.2, -0.15) is 0 Å². The molecule has 2 rings (SSSR count). The molecule has 6 heteroatoms. The summed E-state index contributed by atoms with van der Waals surface area (Å²) in [5, 5.41) is 8.53. The first-order valence-electron chi connectivity index (χ1n) is 5.28. The maximum atomic E-state index is 13.5. The van der Waals surface area contributed by atoms with E-state index in [4.69, 9.17) is 5.11 Å². The second-order valence-corrected chi connectivity index (χ2v) is 3.75. The molecule has 2 aromatic rings. The number of rotatable bonds is 4. The van der Waals surface area contributed by atoms with Crippen molar-refractivity contribution < 1.29 is 18.7 Å². The lowest BCUT2D eigenvalue weighted by atomic mass is 10.2. The van der Waals surface area contributed by atoms with Gasteiger partial charge in [0.05, 0.1) is 12.0 Å². The monoisotopic (exact) mass is 252 g/mol. The Morgan fingerprint density at radius 1 is 1.33 bits per heavy atom. The number of H-pyrrole nitrogens is 1. The first-order valence-corrected chi connectivity index (χ1v) is 5.28. The van der Waals surface area contributed by atoms with Crippen LogP contribution in [0.15, 0.2) is 24.4 Å². The lowest BCUT2D eigenvalue weighted by Crippen LogP contribution is -1.97. The van der Waals surface area contributed by atoms with E-state index in [1.165, 1.54) is 12.3 Å². The number of nitrogens with one attached hydrogen (secondary N) is 1. The van der Waals surface area contributed by atoms with E-state index in [0.29, 0.717) is 5.69 Å². The molecule has 1 aromatic heterocycles. The van der Waals surface area contributed by atoms with Crippen molar-refractivity contribution in [1.29, 1.82) is 0 Å². The number of aromatic nitrogens is 2. The van der Waals surface area contributed by atoms with Gasteiger partial charge in [-0.1, -0.05) is 6.07 Å². The van der Waals surface area contributed by atoms with Crippen molar-refractivity contribution in [3.63, 3.8) is 0 Å². The van der Waals surface area contributed by atoms with Crippen LogP contribution < -0.4 is 0 Å². The van der Waals surface area contributed by atoms with Gasteiger partial charge in [0.1, 0.15) is 17.5 Å². The largest absolute Gasteiger partial charge is 0.481 e. The highest BCUT2D eigenvalue weighted by molar-refractivity contribution is 5.67. The van der Waals surface area contributed by atoms with Gasteiger partial charge in [-0.25, -0.2) is 13.8 Å². The Morgan fingerprint density at radius 2 is 2.00 bits per heavy atom. The molecule has 0 aliphatic carbocycles. The maximum Gasteiger partial charge on any atom is 0.303 e. The van der Waals surface area contributed by atoms with Crippen molar-refractivity contribution in [3.05, 3.63) is 41.7 Å². The van der Waals surface area contributed by atoms with Crippen LogP contribution in [0.3, 0.4) is 0 Å². The van der Waals surface area contributed by atoms with Gasteiger partial charge in [0.2, 0.25) is 0 Å². The molecule has 0 aliphatic heterocycles. The Labute approximate surface area is 101 Å². The first kappa shape index (κ1) is 12.2. The van der Waals surface area contributed by atoms with E-state index in [1.807, 2.05) is 0 Å². The molecular formula is C12H10F2N2O2. The van der Waals surface area contributed by atoms with Crippen LogP contribution in [-0.4, -0.2) is 21.0 Å². The van der Waals surface area contributed by atoms with Gasteiger partial charge in [-0.3, -0.25) is 4.79 Å². The number of aliphatic carboxylic acids is 1. The highest BCUT2D eigenvalue weighted by Crippen LogP contribution is 2.23. The molecule has 0 bridgehead atoms. The Kier molecular flexibility index (Phi) is 3.36. The van der Waals surface area contributed by atoms with E-state index in [0.717, 1.165) is 12.1 Å². The quantitative estimate of drug-likeness (QED) is 0.877. The zero-order valence-corrected chi connectivity index (χ0v) is 9.28. The van der Waals surface area contributed by atoms with Gasteiger partial charge in [0.15, 0.2) is 0 Å². The Hall–Kier alpha value is -2.24. The van der Waals surface area contributed by atoms with Crippen molar-refractivity contribution in [3.8, 4) is 11.4 Å². The van der Waals surface area contributed by atoms with E-state index in [2.05, 4.69) is 9.97 Å². The fourth-order valence-electron chi connectivity index (χ4n) is 1.58. The number of carboxylic acids is 1. The molecule has 18 heavy (non-hydrogen) atoms. The van der Waals surface area contributed by atoms with E-state index >= 15 is 0 Å². The van der Waals surface area contributed by atoms with E-state index in [1.54, 1.807) is 0 Å². The molecule has 0 aliphatic rings. The van der Waals surface area contributed by atoms with Gasteiger partial charge < -0.3 is 10.1 Å². The second kappa shape index (κ2) is 4.95. The standard InChI is InChI=1S/C12H10F2N2O2/c13-8-2-1-3-9(14)11(8)12-15-6-7(16-12)4-5-10(17)18/h1-3,6H,4-5H2,(H,15,16)(H,17,18). The molecule has 0 unspecified atom stereocenters. The second-order valence-electron chi connectivity index (χ2n) is 3.75. The lowest BCUT2D eigenvalue weighted by molar-refractivity contribution is -0.136. The normalized spacial score (nSPS) is 10.6. The number of aryl methyl sites for hydroxylation is 1. The van der Waals surface area contributed by atoms with Crippen LogP contribution in [0.5, 0.6) is 0 Å². The number of hydrogen-bond donors (Lipinski definition) is 2. The summed E-state index contributed by atoms with van der Waals surface area (Å²) in [5.41, 5.74) is 0.286. The topological polar surface area (TPSA) is 66.0 Å². The number of nitrogens with zero attached hydrogens (tertiary/aromatic N) is 1. The summed E-state index contributed by atoms with van der Waals surface area (Å²) in [6.45, 7) is 0. The predicted octanol–water partition coefficient (Wildman–Crippen LogP) is 2.37. The minimum Gasteiger partial charge on any atom is -0.481 e. The molecule has 94 valence electrons. The van der Waals surface area contributed by atoms with Crippen molar-refractivity contribution in [1.82, 2.24) is 9.97 Å². The molecule has 0 amide bonds. The zero-order chi connectivity index (χ0) is 13.1. The summed E-state index contributed by atoms with van der Waals surface area (Å²) < 4.78 is 26.9. The maximum absolute atomic E-state index is 13.5. The average Bonchev–Trinajstić information content (AvgIpc) is 2.75. The predicted molar refractivity (Wildman–Crippen MR) is 59.9 cm³/mol. The van der Waals surface area contributed by atoms with Gasteiger partial charge in [0.25, 0.3) is 0 Å². The van der Waals surface area contributed by atoms with Crippen LogP contribution in [0.25, 0.3) is 11.4 Å². The Bertz CT molecular complexity index is 561. The van der Waals surface area contributed by atoms with Crippen LogP contribution >= 0.6 is 0 Å². The van der Waals surface area contributed by atoms with Crippen molar-refractivity contribution >= 4 is 5.97 Å². The zero-order valence-electron chi connectivity index (χ0n) is 9.28. The number of carbonyl (C=O) groups is 1. The molecule has 0 spiro atoms. The molecule has 4 nitrogen and oxygen atoms in total. The number of imidazole rings is 1. The van der Waals surface area contributed by atoms with Crippen LogP contribution in [0.4, 0.5) is 8.78 Å². The van der Waals surface area contributed by atoms with Crippen molar-refractivity contribution in [2.45, 2.75) is 12.8 Å². The molecule has 0 radical (unpaired) electrons. The van der Waals surface area contributed by atoms with E-state index < -0.39 is 17.6 Å². The number of carboxylic acid groups (broad SMARTS) is 1. The van der Waals surface area contributed by atoms with Crippen molar-refractivity contribution in [2.24, 2.45) is 0 Å². The lowest BCUT2D eigenvalue weighted by Gasteiger charge is -2.00. The fourth-order valence-corrected chi connectivity index (χ4v) is 1.58. The molecule has 1 heterocycles. The summed E-state index contributed by atoms with van der Waals surface area (Å²) in [6, 6.07) is 3.54. The highest BCUT2D eigenvalue weighted by Gasteiger charge is 2.14. The minimum absolute atomic E-state index is 0.0611. The summed E-state index contributed by atoms with van der Waals surface area (Å²) in [4.78, 5) is 17.0. The number of aromatic amines is 1. The van der Waals surface area contributed by atoms with Gasteiger partial charge in [0, 0.05) is 11.9 Å². The van der Waals surface area contributed by atoms with E-state index in [9.17, 15) is 13.6 Å².